The minimum absolute atomic E-state index is 0.138. The second-order valence-corrected chi connectivity index (χ2v) is 16.7. The summed E-state index contributed by atoms with van der Waals surface area (Å²) in [4.78, 5) is 0. The van der Waals surface area contributed by atoms with Crippen LogP contribution in [0.2, 0.25) is 0 Å². The maximum Gasteiger partial charge on any atom is 0.145 e. The normalized spacial score (nSPS) is 12.5. The topological polar surface area (TPSA) is 68.8 Å². The summed E-state index contributed by atoms with van der Waals surface area (Å²) in [5.74, 6) is 0.452. The first-order valence-corrected chi connectivity index (χ1v) is 19.3. The van der Waals surface area contributed by atoms with Crippen molar-refractivity contribution >= 4 is 43.6 Å². The molecule has 0 unspecified atom stereocenters. The first-order valence-electron chi connectivity index (χ1n) is 19.3. The molecule has 0 aliphatic heterocycles. The van der Waals surface area contributed by atoms with E-state index in [1.807, 2.05) is 24.3 Å². The van der Waals surface area contributed by atoms with Crippen LogP contribution in [0.15, 0.2) is 121 Å². The van der Waals surface area contributed by atoms with Crippen LogP contribution in [-0.2, 0) is 33.5 Å². The Kier molecular flexibility index (Phi) is 9.44. The highest BCUT2D eigenvalue weighted by Gasteiger charge is 2.24. The van der Waals surface area contributed by atoms with Gasteiger partial charge in [-0.2, -0.15) is 0 Å². The molecule has 55 heavy (non-hydrogen) atoms. The van der Waals surface area contributed by atoms with E-state index in [9.17, 15) is 10.2 Å². The summed E-state index contributed by atoms with van der Waals surface area (Å²) in [7, 11) is 0. The first-order chi connectivity index (χ1) is 26.4. The highest BCUT2D eigenvalue weighted by atomic mass is 16.5. The minimum atomic E-state index is -0.138. The van der Waals surface area contributed by atoms with E-state index in [0.717, 1.165) is 77.2 Å². The van der Waals surface area contributed by atoms with Crippen molar-refractivity contribution in [3.63, 3.8) is 0 Å². The van der Waals surface area contributed by atoms with Gasteiger partial charge in [-0.05, 0) is 76.9 Å². The van der Waals surface area contributed by atoms with E-state index in [-0.39, 0.29) is 35.5 Å². The smallest absolute Gasteiger partial charge is 0.145 e. The molecule has 0 amide bonds. The fraction of sp³-hybridized carbons (Fsp3) is 0.265. The molecule has 0 fully saturated rings. The Labute approximate surface area is 323 Å². The number of rotatable bonds is 10. The van der Waals surface area contributed by atoms with Gasteiger partial charge in [-0.25, -0.2) is 0 Å². The Morgan fingerprint density at radius 1 is 0.455 bits per heavy atom. The van der Waals surface area contributed by atoms with Crippen molar-refractivity contribution < 1.29 is 19.7 Å². The van der Waals surface area contributed by atoms with Crippen LogP contribution in [0.5, 0.6) is 11.5 Å². The predicted molar refractivity (Wildman–Crippen MR) is 226 cm³/mol. The Balaban J connectivity index is 0.996. The fourth-order valence-electron chi connectivity index (χ4n) is 7.77. The van der Waals surface area contributed by atoms with E-state index >= 15 is 0 Å². The van der Waals surface area contributed by atoms with E-state index in [4.69, 9.17) is 9.47 Å². The highest BCUT2D eigenvalue weighted by molar-refractivity contribution is 6.10. The molecular weight excluding hydrogens is 681 g/mol. The largest absolute Gasteiger partial charge is 0.505 e. The van der Waals surface area contributed by atoms with Gasteiger partial charge in [-0.1, -0.05) is 114 Å². The first kappa shape index (κ1) is 36.4. The van der Waals surface area contributed by atoms with Gasteiger partial charge in [0.15, 0.2) is 0 Å². The molecule has 0 spiro atoms. The lowest BCUT2D eigenvalue weighted by Gasteiger charge is -2.23. The maximum absolute atomic E-state index is 11.8. The molecule has 6 heteroatoms. The van der Waals surface area contributed by atoms with Crippen LogP contribution < -0.4 is 0 Å². The zero-order valence-corrected chi connectivity index (χ0v) is 32.7. The third kappa shape index (κ3) is 6.75. The van der Waals surface area contributed by atoms with Crippen molar-refractivity contribution in [1.82, 2.24) is 9.13 Å². The molecule has 280 valence electrons. The Bertz CT molecular complexity index is 2390. The zero-order valence-electron chi connectivity index (χ0n) is 32.7. The van der Waals surface area contributed by atoms with Crippen LogP contribution in [-0.4, -0.2) is 32.6 Å². The number of hydrogen-bond acceptors (Lipinski definition) is 4. The van der Waals surface area contributed by atoms with Crippen molar-refractivity contribution in [2.45, 2.75) is 72.0 Å². The molecule has 6 aromatic carbocycles. The average Bonchev–Trinajstić information content (AvgIpc) is 3.68. The van der Waals surface area contributed by atoms with E-state index < -0.39 is 0 Å². The molecule has 0 aliphatic rings. The summed E-state index contributed by atoms with van der Waals surface area (Å²) in [5.41, 5.74) is 9.20. The minimum Gasteiger partial charge on any atom is -0.505 e. The molecule has 2 N–H and O–H groups in total. The molecule has 8 rings (SSSR count). The van der Waals surface area contributed by atoms with Crippen LogP contribution in [0, 0.1) is 0 Å². The number of para-hydroxylation sites is 4. The van der Waals surface area contributed by atoms with Gasteiger partial charge in [0.05, 0.1) is 46.7 Å². The average molecular weight is 731 g/mol. The molecular formula is C49H50N2O4. The van der Waals surface area contributed by atoms with Gasteiger partial charge in [-0.15, -0.1) is 0 Å². The van der Waals surface area contributed by atoms with E-state index in [0.29, 0.717) is 19.6 Å². The number of aromatic nitrogens is 2. The van der Waals surface area contributed by atoms with Crippen LogP contribution in [0.25, 0.3) is 55.0 Å². The summed E-state index contributed by atoms with van der Waals surface area (Å²) in [6.45, 7) is 14.6. The summed E-state index contributed by atoms with van der Waals surface area (Å²) in [6.07, 6.45) is 0.666. The van der Waals surface area contributed by atoms with E-state index in [1.54, 1.807) is 0 Å². The van der Waals surface area contributed by atoms with Crippen molar-refractivity contribution in [2.24, 2.45) is 0 Å². The summed E-state index contributed by atoms with van der Waals surface area (Å²) < 4.78 is 16.7. The van der Waals surface area contributed by atoms with Crippen LogP contribution in [0.1, 0.15) is 70.2 Å². The Morgan fingerprint density at radius 3 is 1.07 bits per heavy atom. The molecule has 2 heterocycles. The number of fused-ring (bicyclic) bond motifs is 6. The standard InChI is InChI=1S/C49H50N2O4/c1-48(2,3)34-26-32(46(52)44(28-34)50-40-20-11-7-16-36(40)37-17-8-12-21-41(37)50)30-54-24-15-25-55-31-33-27-35(49(4,5)6)29-45(47(33)53)51-42-22-13-9-18-38(42)39-19-10-14-23-43(39)51/h7-14,16-23,26-29,52-53H,15,24-25,30-31H2,1-6H3. The molecule has 0 bridgehead atoms. The second kappa shape index (κ2) is 14.3. The van der Waals surface area contributed by atoms with Crippen LogP contribution in [0.3, 0.4) is 0 Å². The van der Waals surface area contributed by atoms with Crippen LogP contribution in [0.4, 0.5) is 0 Å². The third-order valence-corrected chi connectivity index (χ3v) is 10.8. The molecule has 6 nitrogen and oxygen atoms in total. The summed E-state index contributed by atoms with van der Waals surface area (Å²) >= 11 is 0. The van der Waals surface area contributed by atoms with Gasteiger partial charge in [-0.3, -0.25) is 0 Å². The molecule has 0 saturated carbocycles. The number of benzene rings is 6. The summed E-state index contributed by atoms with van der Waals surface area (Å²) in [6, 6.07) is 41.8. The number of ether oxygens (including phenoxy) is 2. The lowest BCUT2D eigenvalue weighted by Crippen LogP contribution is -2.13. The lowest BCUT2D eigenvalue weighted by atomic mass is 9.85. The number of nitrogens with zero attached hydrogens (tertiary/aromatic N) is 2. The summed E-state index contributed by atoms with van der Waals surface area (Å²) in [5, 5.41) is 28.2. The quantitative estimate of drug-likeness (QED) is 0.137. The highest BCUT2D eigenvalue weighted by Crippen LogP contribution is 2.41. The van der Waals surface area contributed by atoms with Gasteiger partial charge in [0.1, 0.15) is 11.5 Å². The van der Waals surface area contributed by atoms with Crippen LogP contribution >= 0.6 is 0 Å². The van der Waals surface area contributed by atoms with Gasteiger partial charge in [0, 0.05) is 45.9 Å². The van der Waals surface area contributed by atoms with Crippen molar-refractivity contribution in [1.29, 1.82) is 0 Å². The van der Waals surface area contributed by atoms with E-state index in [2.05, 4.69) is 148 Å². The van der Waals surface area contributed by atoms with E-state index in [1.165, 1.54) is 0 Å². The second-order valence-electron chi connectivity index (χ2n) is 16.7. The van der Waals surface area contributed by atoms with Gasteiger partial charge < -0.3 is 28.8 Å². The molecule has 0 saturated heterocycles. The maximum atomic E-state index is 11.8. The van der Waals surface area contributed by atoms with Gasteiger partial charge in [0.25, 0.3) is 0 Å². The SMILES string of the molecule is CC(C)(C)c1cc(COCCCOCc2cc(C(C)(C)C)cc(-n3c4ccccc4c4ccccc43)c2O)c(O)c(-n2c3ccccc3c3ccccc32)c1. The molecule has 0 atom stereocenters. The van der Waals surface area contributed by atoms with Crippen molar-refractivity contribution in [2.75, 3.05) is 13.2 Å². The third-order valence-electron chi connectivity index (χ3n) is 10.8. The Morgan fingerprint density at radius 2 is 0.764 bits per heavy atom. The van der Waals surface area contributed by atoms with Gasteiger partial charge in [0.2, 0.25) is 0 Å². The number of phenolic OH excluding ortho intramolecular Hbond substituents is 2. The van der Waals surface area contributed by atoms with Crippen molar-refractivity contribution in [3.8, 4) is 22.9 Å². The predicted octanol–water partition coefficient (Wildman–Crippen LogP) is 12.0. The number of aromatic hydroxyl groups is 2. The number of phenols is 2. The van der Waals surface area contributed by atoms with Gasteiger partial charge >= 0.3 is 0 Å². The monoisotopic (exact) mass is 730 g/mol. The zero-order chi connectivity index (χ0) is 38.5. The molecule has 8 aromatic rings. The Hall–Kier alpha value is -5.56. The van der Waals surface area contributed by atoms with Crippen molar-refractivity contribution in [3.05, 3.63) is 144 Å². The molecule has 0 aliphatic carbocycles. The number of hydrogen-bond donors (Lipinski definition) is 2. The molecule has 2 aromatic heterocycles. The molecule has 0 radical (unpaired) electrons. The fourth-order valence-corrected chi connectivity index (χ4v) is 7.77. The lowest BCUT2D eigenvalue weighted by molar-refractivity contribution is 0.0682.